The second-order valence-corrected chi connectivity index (χ2v) is 6.54. The Morgan fingerprint density at radius 2 is 0.767 bits per heavy atom. The standard InChI is InChI=1S/C16H14O3.C10H12O2.3C2H6.3CH4O/c17-15(13-7-3-1-4-8-13)11-12-19-16(18)14-9-5-2-6-10-14;1-2-8-12-10(11)9-6-4-3-5-7-9;6*1-2/h1-10H,11-12H2;3-7H,2,8H2,1H3;3*1-2H3;3*2H,1H3. The van der Waals surface area contributed by atoms with Crippen molar-refractivity contribution in [3.05, 3.63) is 108 Å². The van der Waals surface area contributed by atoms with E-state index in [9.17, 15) is 14.4 Å². The third kappa shape index (κ3) is 28.1. The van der Waals surface area contributed by atoms with Gasteiger partial charge in [-0.2, -0.15) is 0 Å². The van der Waals surface area contributed by atoms with Gasteiger partial charge in [0.05, 0.1) is 24.3 Å². The smallest absolute Gasteiger partial charge is 0.338 e. The molecular weight excluding hydrogens is 548 g/mol. The zero-order chi connectivity index (χ0) is 34.3. The molecule has 0 unspecified atom stereocenters. The number of hydrogen-bond donors (Lipinski definition) is 3. The predicted octanol–water partition coefficient (Wildman–Crippen LogP) is 7.27. The molecule has 244 valence electrons. The monoisotopic (exact) mass is 604 g/mol. The molecule has 0 saturated heterocycles. The molecule has 0 aliphatic carbocycles. The summed E-state index contributed by atoms with van der Waals surface area (Å²) in [5, 5.41) is 21.0. The van der Waals surface area contributed by atoms with Gasteiger partial charge in [0, 0.05) is 33.3 Å². The lowest BCUT2D eigenvalue weighted by molar-refractivity contribution is 0.0489. The van der Waals surface area contributed by atoms with Crippen LogP contribution in [0.25, 0.3) is 0 Å². The molecule has 0 aromatic heterocycles. The highest BCUT2D eigenvalue weighted by Crippen LogP contribution is 2.05. The number of esters is 2. The number of Topliss-reactive ketones (excluding diaryl/α,β-unsaturated/α-hetero) is 1. The van der Waals surface area contributed by atoms with Crippen LogP contribution in [0.1, 0.15) is 92.4 Å². The van der Waals surface area contributed by atoms with Crippen molar-refractivity contribution >= 4 is 17.7 Å². The lowest BCUT2D eigenvalue weighted by Gasteiger charge is -2.04. The highest BCUT2D eigenvalue weighted by molar-refractivity contribution is 5.96. The summed E-state index contributed by atoms with van der Waals surface area (Å²) in [5.41, 5.74) is 1.75. The van der Waals surface area contributed by atoms with Gasteiger partial charge in [0.1, 0.15) is 0 Å². The Morgan fingerprint density at radius 1 is 0.488 bits per heavy atom. The van der Waals surface area contributed by atoms with E-state index in [1.54, 1.807) is 48.5 Å². The third-order valence-electron chi connectivity index (χ3n) is 4.11. The molecule has 0 aliphatic rings. The SMILES string of the molecule is CC.CC.CC.CCCOC(=O)c1ccccc1.CO.CO.CO.O=C(CCOC(=O)c1ccccc1)c1ccccc1. The van der Waals surface area contributed by atoms with Gasteiger partial charge in [0.25, 0.3) is 0 Å². The van der Waals surface area contributed by atoms with E-state index in [-0.39, 0.29) is 24.8 Å². The van der Waals surface area contributed by atoms with Crippen LogP contribution in [0, 0.1) is 0 Å². The average molecular weight is 605 g/mol. The van der Waals surface area contributed by atoms with Crippen molar-refractivity contribution in [2.24, 2.45) is 0 Å². The summed E-state index contributed by atoms with van der Waals surface area (Å²) < 4.78 is 10.00. The highest BCUT2D eigenvalue weighted by Gasteiger charge is 2.09. The van der Waals surface area contributed by atoms with Gasteiger partial charge < -0.3 is 24.8 Å². The number of ether oxygens (including phenoxy) is 2. The first-order chi connectivity index (χ1) is 21.1. The van der Waals surface area contributed by atoms with Crippen molar-refractivity contribution in [2.75, 3.05) is 34.5 Å². The van der Waals surface area contributed by atoms with Crippen LogP contribution in [-0.2, 0) is 9.47 Å². The van der Waals surface area contributed by atoms with Gasteiger partial charge >= 0.3 is 11.9 Å². The molecule has 0 aliphatic heterocycles. The number of benzene rings is 3. The number of aliphatic hydroxyl groups excluding tert-OH is 3. The van der Waals surface area contributed by atoms with Crippen molar-refractivity contribution in [1.82, 2.24) is 0 Å². The van der Waals surface area contributed by atoms with Gasteiger partial charge in [0.15, 0.2) is 5.78 Å². The summed E-state index contributed by atoms with van der Waals surface area (Å²) in [6.45, 7) is 14.6. The van der Waals surface area contributed by atoms with Crippen LogP contribution in [0.15, 0.2) is 91.0 Å². The van der Waals surface area contributed by atoms with Crippen molar-refractivity contribution in [2.45, 2.75) is 61.3 Å². The molecule has 3 rings (SSSR count). The van der Waals surface area contributed by atoms with Gasteiger partial charge in [-0.25, -0.2) is 9.59 Å². The Hall–Kier alpha value is -3.85. The summed E-state index contributed by atoms with van der Waals surface area (Å²) in [6, 6.07) is 26.7. The largest absolute Gasteiger partial charge is 0.462 e. The van der Waals surface area contributed by atoms with E-state index in [1.807, 2.05) is 90.9 Å². The predicted molar refractivity (Wildman–Crippen MR) is 178 cm³/mol. The van der Waals surface area contributed by atoms with E-state index < -0.39 is 5.97 Å². The fourth-order valence-corrected chi connectivity index (χ4v) is 2.51. The van der Waals surface area contributed by atoms with Crippen LogP contribution >= 0.6 is 0 Å². The molecule has 0 atom stereocenters. The van der Waals surface area contributed by atoms with Crippen LogP contribution in [0.2, 0.25) is 0 Å². The minimum absolute atomic E-state index is 0.0264. The molecule has 0 radical (unpaired) electrons. The lowest BCUT2D eigenvalue weighted by Crippen LogP contribution is -2.10. The zero-order valence-corrected chi connectivity index (χ0v) is 27.9. The molecule has 0 spiro atoms. The van der Waals surface area contributed by atoms with Gasteiger partial charge in [-0.3, -0.25) is 4.79 Å². The van der Waals surface area contributed by atoms with Gasteiger partial charge in [-0.05, 0) is 30.7 Å². The second-order valence-electron chi connectivity index (χ2n) is 6.54. The zero-order valence-electron chi connectivity index (χ0n) is 27.9. The number of carbonyl (C=O) groups excluding carboxylic acids is 3. The summed E-state index contributed by atoms with van der Waals surface area (Å²) in [5.74, 6) is -0.666. The van der Waals surface area contributed by atoms with Crippen LogP contribution in [-0.4, -0.2) is 67.6 Å². The van der Waals surface area contributed by atoms with Crippen LogP contribution in [0.5, 0.6) is 0 Å². The summed E-state index contributed by atoms with van der Waals surface area (Å²) in [7, 11) is 3.00. The highest BCUT2D eigenvalue weighted by atomic mass is 16.5. The lowest BCUT2D eigenvalue weighted by atomic mass is 10.1. The average Bonchev–Trinajstić information content (AvgIpc) is 3.13. The Labute approximate surface area is 260 Å². The van der Waals surface area contributed by atoms with Crippen LogP contribution in [0.3, 0.4) is 0 Å². The molecule has 43 heavy (non-hydrogen) atoms. The third-order valence-corrected chi connectivity index (χ3v) is 4.11. The minimum atomic E-state index is -0.401. The topological polar surface area (TPSA) is 130 Å². The molecule has 8 heteroatoms. The second kappa shape index (κ2) is 42.6. The van der Waals surface area contributed by atoms with Crippen LogP contribution < -0.4 is 0 Å². The molecule has 0 heterocycles. The van der Waals surface area contributed by atoms with Crippen molar-refractivity contribution in [3.8, 4) is 0 Å². The Balaban J connectivity index is -0.000000173. The number of ketones is 1. The minimum Gasteiger partial charge on any atom is -0.462 e. The summed E-state index contributed by atoms with van der Waals surface area (Å²) in [6.07, 6.45) is 1.06. The van der Waals surface area contributed by atoms with E-state index in [2.05, 4.69) is 0 Å². The van der Waals surface area contributed by atoms with E-state index in [0.29, 0.717) is 23.3 Å². The van der Waals surface area contributed by atoms with Crippen molar-refractivity contribution in [3.63, 3.8) is 0 Å². The maximum absolute atomic E-state index is 11.8. The van der Waals surface area contributed by atoms with E-state index in [1.165, 1.54) is 0 Å². The maximum atomic E-state index is 11.8. The molecule has 0 saturated carbocycles. The van der Waals surface area contributed by atoms with Gasteiger partial charge in [-0.1, -0.05) is 115 Å². The molecule has 0 fully saturated rings. The number of carbonyl (C=O) groups is 3. The molecule has 3 aromatic carbocycles. The molecule has 3 aromatic rings. The maximum Gasteiger partial charge on any atom is 0.338 e. The fraction of sp³-hybridized carbons (Fsp3) is 0.400. The summed E-state index contributed by atoms with van der Waals surface area (Å²) >= 11 is 0. The molecular formula is C35H56O8. The summed E-state index contributed by atoms with van der Waals surface area (Å²) in [4.78, 5) is 34.6. The number of rotatable bonds is 8. The normalized spacial score (nSPS) is 7.84. The van der Waals surface area contributed by atoms with Gasteiger partial charge in [0.2, 0.25) is 0 Å². The fourth-order valence-electron chi connectivity index (χ4n) is 2.51. The van der Waals surface area contributed by atoms with Crippen LogP contribution in [0.4, 0.5) is 0 Å². The van der Waals surface area contributed by atoms with Gasteiger partial charge in [-0.15, -0.1) is 0 Å². The first-order valence-electron chi connectivity index (χ1n) is 14.5. The van der Waals surface area contributed by atoms with E-state index in [0.717, 1.165) is 27.8 Å². The Kier molecular flexibility index (Phi) is 48.4. The Morgan fingerprint density at radius 3 is 1.07 bits per heavy atom. The molecule has 8 nitrogen and oxygen atoms in total. The first kappa shape index (κ1) is 48.9. The van der Waals surface area contributed by atoms with Crippen molar-refractivity contribution < 1.29 is 39.2 Å². The molecule has 0 bridgehead atoms. The number of aliphatic hydroxyl groups is 3. The quantitative estimate of drug-likeness (QED) is 0.181. The molecule has 0 amide bonds. The van der Waals surface area contributed by atoms with E-state index >= 15 is 0 Å². The van der Waals surface area contributed by atoms with Crippen molar-refractivity contribution in [1.29, 1.82) is 0 Å². The van der Waals surface area contributed by atoms with E-state index in [4.69, 9.17) is 24.8 Å². The Bertz CT molecular complexity index is 896. The first-order valence-corrected chi connectivity index (χ1v) is 14.5. The number of hydrogen-bond acceptors (Lipinski definition) is 8. The molecule has 3 N–H and O–H groups in total.